The lowest BCUT2D eigenvalue weighted by molar-refractivity contribution is 0.0945. The molecule has 1 saturated heterocycles. The molecule has 1 amide bonds. The number of nitrogens with two attached hydrogens (primary N) is 1. The summed E-state index contributed by atoms with van der Waals surface area (Å²) in [4.78, 5) is 23.9. The van der Waals surface area contributed by atoms with Gasteiger partial charge in [0.1, 0.15) is 23.1 Å². The highest BCUT2D eigenvalue weighted by molar-refractivity contribution is 5.95. The first kappa shape index (κ1) is 23.7. The van der Waals surface area contributed by atoms with Crippen LogP contribution in [0.5, 0.6) is 0 Å². The van der Waals surface area contributed by atoms with Gasteiger partial charge in [0.25, 0.3) is 5.91 Å². The Bertz CT molecular complexity index is 1380. The van der Waals surface area contributed by atoms with Gasteiger partial charge in [-0.2, -0.15) is 5.10 Å². The second-order valence-corrected chi connectivity index (χ2v) is 8.85. The fraction of sp³-hybridized carbons (Fsp3) is 0.308. The van der Waals surface area contributed by atoms with Gasteiger partial charge in [0.2, 0.25) is 0 Å². The molecule has 0 saturated carbocycles. The number of amides is 1. The lowest BCUT2D eigenvalue weighted by Crippen LogP contribution is -2.24. The van der Waals surface area contributed by atoms with Crippen LogP contribution in [-0.2, 0) is 24.4 Å². The van der Waals surface area contributed by atoms with Crippen molar-refractivity contribution in [1.82, 2.24) is 25.1 Å². The Morgan fingerprint density at radius 3 is 2.72 bits per heavy atom. The summed E-state index contributed by atoms with van der Waals surface area (Å²) in [6, 6.07) is 8.94. The average molecular weight is 490 g/mol. The number of halogens is 1. The minimum absolute atomic E-state index is 0.0162. The molecule has 1 aromatic carbocycles. The largest absolute Gasteiger partial charge is 0.383 e. The quantitative estimate of drug-likeness (QED) is 0.391. The molecule has 1 fully saturated rings. The highest BCUT2D eigenvalue weighted by Crippen LogP contribution is 2.24. The highest BCUT2D eigenvalue weighted by Gasteiger charge is 2.18. The van der Waals surface area contributed by atoms with Crippen molar-refractivity contribution in [3.05, 3.63) is 77.1 Å². The average Bonchev–Trinajstić information content (AvgIpc) is 3.55. The number of ether oxygens (including phenoxy) is 1. The Kier molecular flexibility index (Phi) is 6.77. The number of methoxy groups -OCH3 is 1. The number of fused-ring (bicyclic) bond motifs is 1. The Morgan fingerprint density at radius 2 is 1.97 bits per heavy atom. The lowest BCUT2D eigenvalue weighted by atomic mass is 10.1. The van der Waals surface area contributed by atoms with Crippen LogP contribution in [0.15, 0.2) is 48.9 Å². The van der Waals surface area contributed by atoms with Crippen LogP contribution < -0.4 is 16.0 Å². The van der Waals surface area contributed by atoms with E-state index < -0.39 is 5.82 Å². The van der Waals surface area contributed by atoms with E-state index in [0.29, 0.717) is 34.1 Å². The van der Waals surface area contributed by atoms with Crippen molar-refractivity contribution in [2.75, 3.05) is 30.8 Å². The number of pyridine rings is 2. The third-order valence-electron chi connectivity index (χ3n) is 6.38. The molecule has 186 valence electrons. The van der Waals surface area contributed by atoms with Gasteiger partial charge in [-0.15, -0.1) is 0 Å². The molecule has 5 rings (SSSR count). The van der Waals surface area contributed by atoms with Gasteiger partial charge < -0.3 is 20.7 Å². The summed E-state index contributed by atoms with van der Waals surface area (Å²) < 4.78 is 21.9. The van der Waals surface area contributed by atoms with Gasteiger partial charge in [0.15, 0.2) is 0 Å². The molecule has 10 heteroatoms. The number of nitrogen functional groups attached to an aromatic ring is 1. The predicted molar refractivity (Wildman–Crippen MR) is 135 cm³/mol. The van der Waals surface area contributed by atoms with Gasteiger partial charge in [-0.3, -0.25) is 9.48 Å². The van der Waals surface area contributed by atoms with Crippen LogP contribution in [-0.4, -0.2) is 45.9 Å². The fourth-order valence-electron chi connectivity index (χ4n) is 4.50. The van der Waals surface area contributed by atoms with Crippen molar-refractivity contribution in [2.24, 2.45) is 0 Å². The van der Waals surface area contributed by atoms with Crippen LogP contribution in [0, 0.1) is 5.82 Å². The van der Waals surface area contributed by atoms with E-state index in [9.17, 15) is 9.18 Å². The molecule has 1 aliphatic heterocycles. The summed E-state index contributed by atoms with van der Waals surface area (Å²) in [5, 5.41) is 8.24. The molecule has 0 atom stereocenters. The number of nitrogens with zero attached hydrogens (tertiary/aromatic N) is 5. The molecule has 9 nitrogen and oxygen atoms in total. The molecule has 36 heavy (non-hydrogen) atoms. The van der Waals surface area contributed by atoms with E-state index in [4.69, 9.17) is 10.5 Å². The molecule has 0 aliphatic carbocycles. The van der Waals surface area contributed by atoms with Crippen LogP contribution >= 0.6 is 0 Å². The molecule has 3 aromatic heterocycles. The smallest absolute Gasteiger partial charge is 0.255 e. The Labute approximate surface area is 208 Å². The number of hydrogen-bond acceptors (Lipinski definition) is 7. The lowest BCUT2D eigenvalue weighted by Gasteiger charge is -2.16. The first-order valence-corrected chi connectivity index (χ1v) is 11.9. The van der Waals surface area contributed by atoms with Gasteiger partial charge in [-0.05, 0) is 30.5 Å². The third-order valence-corrected chi connectivity index (χ3v) is 6.38. The second kappa shape index (κ2) is 10.3. The number of hydrogen-bond donors (Lipinski definition) is 2. The zero-order chi connectivity index (χ0) is 25.1. The van der Waals surface area contributed by atoms with E-state index in [-0.39, 0.29) is 24.9 Å². The van der Waals surface area contributed by atoms with E-state index in [0.717, 1.165) is 24.5 Å². The van der Waals surface area contributed by atoms with Crippen molar-refractivity contribution in [3.63, 3.8) is 0 Å². The number of rotatable bonds is 8. The molecular weight excluding hydrogens is 461 g/mol. The monoisotopic (exact) mass is 489 g/mol. The normalized spacial score (nSPS) is 13.4. The molecule has 4 aromatic rings. The topological polar surface area (TPSA) is 111 Å². The first-order valence-electron chi connectivity index (χ1n) is 11.9. The van der Waals surface area contributed by atoms with Gasteiger partial charge >= 0.3 is 0 Å². The predicted octanol–water partition coefficient (Wildman–Crippen LogP) is 3.27. The number of nitrogens with one attached hydrogen (secondary N) is 1. The van der Waals surface area contributed by atoms with Gasteiger partial charge in [-0.1, -0.05) is 18.2 Å². The summed E-state index contributed by atoms with van der Waals surface area (Å²) in [5.74, 6) is 0.459. The molecule has 0 bridgehead atoms. The molecule has 1 aliphatic rings. The van der Waals surface area contributed by atoms with Gasteiger partial charge in [0.05, 0.1) is 18.7 Å². The highest BCUT2D eigenvalue weighted by atomic mass is 19.1. The Balaban J connectivity index is 1.29. The summed E-state index contributed by atoms with van der Waals surface area (Å²) in [7, 11) is 1.55. The Morgan fingerprint density at radius 1 is 1.14 bits per heavy atom. The van der Waals surface area contributed by atoms with E-state index in [1.54, 1.807) is 36.2 Å². The van der Waals surface area contributed by atoms with Crippen molar-refractivity contribution >= 4 is 28.3 Å². The molecule has 0 unspecified atom stereocenters. The maximum atomic E-state index is 15.0. The van der Waals surface area contributed by atoms with Crippen LogP contribution in [0.25, 0.3) is 10.8 Å². The summed E-state index contributed by atoms with van der Waals surface area (Å²) in [5.41, 5.74) is 8.06. The van der Waals surface area contributed by atoms with E-state index in [1.165, 1.54) is 19.0 Å². The van der Waals surface area contributed by atoms with Crippen molar-refractivity contribution in [1.29, 1.82) is 0 Å². The summed E-state index contributed by atoms with van der Waals surface area (Å²) in [6.45, 7) is 2.74. The van der Waals surface area contributed by atoms with E-state index in [2.05, 4.69) is 25.3 Å². The molecular formula is C26H28FN7O2. The van der Waals surface area contributed by atoms with Crippen LogP contribution in [0.3, 0.4) is 0 Å². The first-order chi connectivity index (χ1) is 17.5. The number of anilines is 2. The zero-order valence-corrected chi connectivity index (χ0v) is 20.1. The van der Waals surface area contributed by atoms with Crippen molar-refractivity contribution < 1.29 is 13.9 Å². The fourth-order valence-corrected chi connectivity index (χ4v) is 4.50. The number of carbonyl (C=O) groups excluding carboxylic acids is 1. The maximum absolute atomic E-state index is 15.0. The molecule has 3 N–H and O–H groups in total. The minimum Gasteiger partial charge on any atom is -0.383 e. The summed E-state index contributed by atoms with van der Waals surface area (Å²) in [6.07, 6.45) is 7.38. The number of carbonyl (C=O) groups is 1. The molecule has 4 heterocycles. The summed E-state index contributed by atoms with van der Waals surface area (Å²) >= 11 is 0. The molecule has 0 spiro atoms. The maximum Gasteiger partial charge on any atom is 0.255 e. The van der Waals surface area contributed by atoms with Crippen molar-refractivity contribution in [3.8, 4) is 0 Å². The number of benzene rings is 1. The third kappa shape index (κ3) is 4.85. The van der Waals surface area contributed by atoms with Gasteiger partial charge in [-0.25, -0.2) is 14.4 Å². The zero-order valence-electron chi connectivity index (χ0n) is 20.1. The van der Waals surface area contributed by atoms with Gasteiger partial charge in [0, 0.05) is 61.7 Å². The standard InChI is InChI=1S/C26H28FN7O2/c1-36-16-22-21(15-34(32-22)14-17-4-7-23(30-12-17)33-10-2-3-11-33)26(35)31-13-18-5-6-20-19(24(18)27)8-9-29-25(20)28/h4-9,12,15H,2-3,10-11,13-14,16H2,1H3,(H2,28,29)(H,31,35). The van der Waals surface area contributed by atoms with Crippen LogP contribution in [0.2, 0.25) is 0 Å². The number of aromatic nitrogens is 4. The van der Waals surface area contributed by atoms with Crippen molar-refractivity contribution in [2.45, 2.75) is 32.5 Å². The molecule has 0 radical (unpaired) electrons. The van der Waals surface area contributed by atoms with E-state index >= 15 is 0 Å². The SMILES string of the molecule is COCc1nn(Cc2ccc(N3CCCC3)nc2)cc1C(=O)NCc1ccc2c(N)nccc2c1F. The second-order valence-electron chi connectivity index (χ2n) is 8.85. The Hall–Kier alpha value is -4.05. The van der Waals surface area contributed by atoms with Crippen LogP contribution in [0.1, 0.15) is 40.0 Å². The minimum atomic E-state index is -0.431. The van der Waals surface area contributed by atoms with Crippen LogP contribution in [0.4, 0.5) is 16.0 Å². The van der Waals surface area contributed by atoms with E-state index in [1.807, 2.05) is 18.3 Å².